The molecule has 5 unspecified atom stereocenters. The van der Waals surface area contributed by atoms with Crippen LogP contribution in [0.25, 0.3) is 10.9 Å². The number of benzene rings is 1. The van der Waals surface area contributed by atoms with Crippen molar-refractivity contribution in [2.75, 3.05) is 6.61 Å². The van der Waals surface area contributed by atoms with Crippen LogP contribution in [0.3, 0.4) is 0 Å². The third-order valence-electron chi connectivity index (χ3n) is 11.6. The molecule has 1 spiro atoms. The first-order valence-electron chi connectivity index (χ1n) is 14.3. The van der Waals surface area contributed by atoms with Crippen molar-refractivity contribution in [2.24, 2.45) is 17.3 Å². The Labute approximate surface area is 216 Å². The van der Waals surface area contributed by atoms with E-state index in [2.05, 4.69) is 76.9 Å². The van der Waals surface area contributed by atoms with Gasteiger partial charge in [-0.15, -0.1) is 0 Å². The number of ether oxygens (including phenoxy) is 3. The number of H-pyrrole nitrogens is 1. The van der Waals surface area contributed by atoms with Gasteiger partial charge in [-0.2, -0.15) is 0 Å². The van der Waals surface area contributed by atoms with Gasteiger partial charge in [-0.25, -0.2) is 0 Å². The molecule has 7 rings (SSSR count). The smallest absolute Gasteiger partial charge is 0.124 e. The van der Waals surface area contributed by atoms with Crippen molar-refractivity contribution in [3.8, 4) is 0 Å². The first-order valence-corrected chi connectivity index (χ1v) is 14.3. The van der Waals surface area contributed by atoms with Gasteiger partial charge in [0.25, 0.3) is 0 Å². The van der Waals surface area contributed by atoms with E-state index in [-0.39, 0.29) is 34.2 Å². The van der Waals surface area contributed by atoms with Crippen LogP contribution in [-0.4, -0.2) is 41.1 Å². The molecule has 2 saturated heterocycles. The first-order chi connectivity index (χ1) is 17.1. The Balaban J connectivity index is 1.19. The average molecular weight is 490 g/mol. The summed E-state index contributed by atoms with van der Waals surface area (Å²) in [7, 11) is 0. The summed E-state index contributed by atoms with van der Waals surface area (Å²) in [5.74, 6) is 1.26. The largest absolute Gasteiger partial charge is 0.369 e. The summed E-state index contributed by atoms with van der Waals surface area (Å²) in [5.41, 5.74) is 5.66. The number of fused-ring (bicyclic) bond motifs is 7. The van der Waals surface area contributed by atoms with Crippen LogP contribution < -0.4 is 0 Å². The summed E-state index contributed by atoms with van der Waals surface area (Å²) in [6, 6.07) is 8.92. The monoisotopic (exact) mass is 489 g/mol. The zero-order chi connectivity index (χ0) is 25.1. The number of hydrogen-bond acceptors (Lipinski definition) is 3. The second-order valence-corrected chi connectivity index (χ2v) is 13.7. The summed E-state index contributed by atoms with van der Waals surface area (Å²) >= 11 is 0. The van der Waals surface area contributed by atoms with Gasteiger partial charge < -0.3 is 19.2 Å². The van der Waals surface area contributed by atoms with Crippen molar-refractivity contribution >= 4 is 10.9 Å². The van der Waals surface area contributed by atoms with Gasteiger partial charge in [-0.3, -0.25) is 0 Å². The van der Waals surface area contributed by atoms with Gasteiger partial charge in [0.1, 0.15) is 5.60 Å². The maximum Gasteiger partial charge on any atom is 0.124 e. The zero-order valence-electron chi connectivity index (χ0n) is 22.9. The molecule has 0 amide bonds. The number of hydrogen-bond donors (Lipinski definition) is 1. The first kappa shape index (κ1) is 23.5. The summed E-state index contributed by atoms with van der Waals surface area (Å²) in [6.07, 6.45) is 9.74. The van der Waals surface area contributed by atoms with Crippen molar-refractivity contribution in [1.82, 2.24) is 4.98 Å². The fraction of sp³-hybridized carbons (Fsp3) is 0.688. The van der Waals surface area contributed by atoms with Crippen molar-refractivity contribution in [3.05, 3.63) is 47.2 Å². The van der Waals surface area contributed by atoms with Gasteiger partial charge in [0.05, 0.1) is 30.5 Å². The number of epoxide rings is 1. The summed E-state index contributed by atoms with van der Waals surface area (Å²) in [6.45, 7) is 14.5. The Morgan fingerprint density at radius 2 is 1.94 bits per heavy atom. The highest BCUT2D eigenvalue weighted by atomic mass is 16.7. The van der Waals surface area contributed by atoms with E-state index in [1.807, 2.05) is 0 Å². The van der Waals surface area contributed by atoms with Crippen LogP contribution in [0.2, 0.25) is 0 Å². The fourth-order valence-electron chi connectivity index (χ4n) is 9.36. The van der Waals surface area contributed by atoms with E-state index in [4.69, 9.17) is 14.2 Å². The molecule has 3 heterocycles. The Hall–Kier alpha value is -1.62. The normalized spacial score (nSPS) is 42.7. The Kier molecular flexibility index (Phi) is 4.88. The molecule has 4 heteroatoms. The molecule has 194 valence electrons. The van der Waals surface area contributed by atoms with Gasteiger partial charge in [0, 0.05) is 28.4 Å². The van der Waals surface area contributed by atoms with E-state index in [9.17, 15) is 0 Å². The molecule has 8 atom stereocenters. The molecule has 2 aromatic rings. The molecule has 3 aliphatic carbocycles. The highest BCUT2D eigenvalue weighted by molar-refractivity contribution is 5.86. The quantitative estimate of drug-likeness (QED) is 0.377. The van der Waals surface area contributed by atoms with Crippen LogP contribution in [0, 0.1) is 17.3 Å². The highest BCUT2D eigenvalue weighted by Gasteiger charge is 2.78. The number of para-hydroxylation sites is 1. The number of aromatic amines is 1. The van der Waals surface area contributed by atoms with Crippen LogP contribution in [0.4, 0.5) is 0 Å². The molecule has 0 radical (unpaired) electrons. The van der Waals surface area contributed by atoms with Crippen molar-refractivity contribution in [1.29, 1.82) is 0 Å². The number of aromatic nitrogens is 1. The molecule has 2 aliphatic heterocycles. The second-order valence-electron chi connectivity index (χ2n) is 13.7. The molecule has 0 bridgehead atoms. The van der Waals surface area contributed by atoms with Crippen LogP contribution >= 0.6 is 0 Å². The predicted octanol–water partition coefficient (Wildman–Crippen LogP) is 6.86. The van der Waals surface area contributed by atoms with E-state index >= 15 is 0 Å². The van der Waals surface area contributed by atoms with E-state index < -0.39 is 0 Å². The minimum absolute atomic E-state index is 0.0803. The SMILES string of the molecule is CC(C)=CCOC(C)(C)C1CC2OC23C(CC[C@@]2(C)C3CC[C@H]3Cc4c([nH]c5ccccc45)[C@@]32C)O1. The van der Waals surface area contributed by atoms with Gasteiger partial charge in [-0.1, -0.05) is 43.7 Å². The third kappa shape index (κ3) is 2.87. The van der Waals surface area contributed by atoms with Gasteiger partial charge in [0.15, 0.2) is 0 Å². The van der Waals surface area contributed by atoms with Crippen molar-refractivity contribution in [3.63, 3.8) is 0 Å². The lowest BCUT2D eigenvalue weighted by atomic mass is 9.43. The molecule has 1 aromatic heterocycles. The molecule has 1 aromatic carbocycles. The van der Waals surface area contributed by atoms with Gasteiger partial charge in [0.2, 0.25) is 0 Å². The maximum absolute atomic E-state index is 6.93. The second kappa shape index (κ2) is 7.48. The molecule has 2 saturated carbocycles. The topological polar surface area (TPSA) is 46.8 Å². The summed E-state index contributed by atoms with van der Waals surface area (Å²) in [4.78, 5) is 3.93. The number of rotatable bonds is 4. The molecule has 4 nitrogen and oxygen atoms in total. The zero-order valence-corrected chi connectivity index (χ0v) is 22.9. The van der Waals surface area contributed by atoms with E-state index in [0.29, 0.717) is 18.6 Å². The van der Waals surface area contributed by atoms with Crippen LogP contribution in [0.15, 0.2) is 35.9 Å². The molecule has 1 N–H and O–H groups in total. The summed E-state index contributed by atoms with van der Waals surface area (Å²) in [5, 5.41) is 1.44. The van der Waals surface area contributed by atoms with Crippen LogP contribution in [0.1, 0.15) is 84.9 Å². The van der Waals surface area contributed by atoms with E-state index in [1.165, 1.54) is 47.9 Å². The standard InChI is InChI=1S/C32H43NO3/c1-19(2)14-16-34-29(3,4)26-18-27-32(36-27)24-12-11-20-17-22-21-9-7-8-10-23(21)33-28(22)31(20,6)30(24,5)15-13-25(32)35-26/h7-10,14,20,24-27,33H,11-13,15-18H2,1-6H3/t20-,24?,25?,26?,27?,30-,31+,32?/m0/s1. The number of allylic oxidation sites excluding steroid dienone is 1. The Bertz CT molecular complexity index is 1240. The summed E-state index contributed by atoms with van der Waals surface area (Å²) < 4.78 is 20.1. The minimum atomic E-state index is -0.320. The Morgan fingerprint density at radius 1 is 1.14 bits per heavy atom. The average Bonchev–Trinajstić information content (AvgIpc) is 3.34. The molecular formula is C32H43NO3. The number of nitrogens with one attached hydrogen (secondary N) is 1. The lowest BCUT2D eigenvalue weighted by molar-refractivity contribution is -0.207. The van der Waals surface area contributed by atoms with E-state index in [1.54, 1.807) is 5.56 Å². The molecular weight excluding hydrogens is 446 g/mol. The van der Waals surface area contributed by atoms with Crippen molar-refractivity contribution < 1.29 is 14.2 Å². The van der Waals surface area contributed by atoms with E-state index in [0.717, 1.165) is 18.8 Å². The van der Waals surface area contributed by atoms with Gasteiger partial charge in [-0.05, 0) is 88.7 Å². The molecule has 4 fully saturated rings. The van der Waals surface area contributed by atoms with Crippen LogP contribution in [0.5, 0.6) is 0 Å². The molecule has 5 aliphatic rings. The third-order valence-corrected chi connectivity index (χ3v) is 11.6. The Morgan fingerprint density at radius 3 is 2.75 bits per heavy atom. The van der Waals surface area contributed by atoms with Gasteiger partial charge >= 0.3 is 0 Å². The fourth-order valence-corrected chi connectivity index (χ4v) is 9.36. The maximum atomic E-state index is 6.93. The predicted molar refractivity (Wildman–Crippen MR) is 143 cm³/mol. The van der Waals surface area contributed by atoms with Crippen molar-refractivity contribution in [2.45, 2.75) is 115 Å². The lowest BCUT2D eigenvalue weighted by Crippen LogP contribution is -2.65. The lowest BCUT2D eigenvalue weighted by Gasteiger charge is -2.62. The van der Waals surface area contributed by atoms with Crippen LogP contribution in [-0.2, 0) is 26.0 Å². The highest BCUT2D eigenvalue weighted by Crippen LogP contribution is 2.73. The minimum Gasteiger partial charge on any atom is -0.369 e. The molecule has 36 heavy (non-hydrogen) atoms.